The fraction of sp³-hybridized carbons (Fsp3) is 0.250. The number of benzene rings is 2. The van der Waals surface area contributed by atoms with Gasteiger partial charge in [-0.1, -0.05) is 17.7 Å². The molecule has 0 radical (unpaired) electrons. The zero-order chi connectivity index (χ0) is 24.9. The molecule has 182 valence electrons. The van der Waals surface area contributed by atoms with Gasteiger partial charge in [-0.05, 0) is 72.6 Å². The monoisotopic (exact) mass is 517 g/mol. The van der Waals surface area contributed by atoms with Crippen molar-refractivity contribution in [1.82, 2.24) is 9.80 Å². The molecule has 8 nitrogen and oxygen atoms in total. The van der Waals surface area contributed by atoms with Gasteiger partial charge in [0.2, 0.25) is 5.91 Å². The second-order valence-electron chi connectivity index (χ2n) is 7.89. The van der Waals surface area contributed by atoms with E-state index in [9.17, 15) is 23.6 Å². The minimum absolute atomic E-state index is 0.188. The standard InChI is InChI=1S/C24H21ClFN3O5S/c25-18-11-15(3-8-19(18)34-14-21(30)27-17-6-4-16(26)5-7-17)12-20-23(32)29(24(33)35-20)13-22(31)28-9-1-2-10-28/h3-8,11-12H,1-2,9-10,13-14H2,(H,27,30)/b20-12+. The van der Waals surface area contributed by atoms with Crippen molar-refractivity contribution in [2.45, 2.75) is 12.8 Å². The van der Waals surface area contributed by atoms with E-state index in [1.165, 1.54) is 36.4 Å². The highest BCUT2D eigenvalue weighted by molar-refractivity contribution is 8.18. The first-order chi connectivity index (χ1) is 16.8. The van der Waals surface area contributed by atoms with Gasteiger partial charge in [0.15, 0.2) is 6.61 Å². The Labute approximate surface area is 210 Å². The van der Waals surface area contributed by atoms with E-state index in [4.69, 9.17) is 16.3 Å². The van der Waals surface area contributed by atoms with Crippen LogP contribution in [0.1, 0.15) is 18.4 Å². The number of hydrogen-bond donors (Lipinski definition) is 1. The van der Waals surface area contributed by atoms with Gasteiger partial charge >= 0.3 is 0 Å². The SMILES string of the molecule is O=C(COc1ccc(/C=C2/SC(=O)N(CC(=O)N3CCCC3)C2=O)cc1Cl)Nc1ccc(F)cc1. The number of nitrogens with zero attached hydrogens (tertiary/aromatic N) is 2. The van der Waals surface area contributed by atoms with E-state index < -0.39 is 22.9 Å². The fourth-order valence-corrected chi connectivity index (χ4v) is 4.67. The molecule has 1 N–H and O–H groups in total. The molecule has 11 heteroatoms. The van der Waals surface area contributed by atoms with Gasteiger partial charge in [-0.25, -0.2) is 4.39 Å². The maximum Gasteiger partial charge on any atom is 0.294 e. The normalized spacial score (nSPS) is 16.8. The van der Waals surface area contributed by atoms with E-state index in [0.717, 1.165) is 29.5 Å². The second-order valence-corrected chi connectivity index (χ2v) is 9.29. The minimum Gasteiger partial charge on any atom is -0.482 e. The molecule has 4 rings (SSSR count). The maximum atomic E-state index is 13.0. The van der Waals surface area contributed by atoms with Gasteiger partial charge in [0.05, 0.1) is 9.93 Å². The second kappa shape index (κ2) is 10.9. The van der Waals surface area contributed by atoms with E-state index in [2.05, 4.69) is 5.32 Å². The molecule has 2 aromatic carbocycles. The minimum atomic E-state index is -0.526. The predicted octanol–water partition coefficient (Wildman–Crippen LogP) is 4.16. The number of carbonyl (C=O) groups is 4. The summed E-state index contributed by atoms with van der Waals surface area (Å²) < 4.78 is 18.4. The van der Waals surface area contributed by atoms with Crippen LogP contribution in [0.25, 0.3) is 6.08 Å². The lowest BCUT2D eigenvalue weighted by Gasteiger charge is -2.18. The summed E-state index contributed by atoms with van der Waals surface area (Å²) in [6.45, 7) is 0.702. The quantitative estimate of drug-likeness (QED) is 0.554. The first-order valence-electron chi connectivity index (χ1n) is 10.8. The van der Waals surface area contributed by atoms with Crippen molar-refractivity contribution < 1.29 is 28.3 Å². The lowest BCUT2D eigenvalue weighted by Crippen LogP contribution is -2.40. The van der Waals surface area contributed by atoms with Crippen molar-refractivity contribution in [3.63, 3.8) is 0 Å². The Hall–Kier alpha value is -3.37. The highest BCUT2D eigenvalue weighted by Crippen LogP contribution is 2.34. The van der Waals surface area contributed by atoms with Crippen LogP contribution in [-0.2, 0) is 14.4 Å². The molecule has 0 bridgehead atoms. The van der Waals surface area contributed by atoms with Gasteiger partial charge in [0, 0.05) is 18.8 Å². The van der Waals surface area contributed by atoms with Crippen LogP contribution in [0.4, 0.5) is 14.9 Å². The molecule has 0 saturated carbocycles. The molecular formula is C24H21ClFN3O5S. The number of nitrogens with one attached hydrogen (secondary N) is 1. The molecule has 0 aromatic heterocycles. The molecular weight excluding hydrogens is 497 g/mol. The average molecular weight is 518 g/mol. The number of hydrogen-bond acceptors (Lipinski definition) is 6. The number of halogens is 2. The summed E-state index contributed by atoms with van der Waals surface area (Å²) in [6.07, 6.45) is 3.36. The van der Waals surface area contributed by atoms with Crippen LogP contribution in [0.2, 0.25) is 5.02 Å². The Balaban J connectivity index is 1.35. The molecule has 2 heterocycles. The molecule has 0 unspecified atom stereocenters. The third-order valence-corrected chi connectivity index (χ3v) is 6.57. The Bertz CT molecular complexity index is 1200. The van der Waals surface area contributed by atoms with Crippen molar-refractivity contribution in [1.29, 1.82) is 0 Å². The average Bonchev–Trinajstić information content (AvgIpc) is 3.45. The summed E-state index contributed by atoms with van der Waals surface area (Å²) in [5, 5.41) is 2.29. The molecule has 0 spiro atoms. The topological polar surface area (TPSA) is 96.0 Å². The number of likely N-dealkylation sites (tertiary alicyclic amines) is 1. The Morgan fingerprint density at radius 3 is 2.51 bits per heavy atom. The first kappa shape index (κ1) is 24.7. The lowest BCUT2D eigenvalue weighted by molar-refractivity contribution is -0.135. The first-order valence-corrected chi connectivity index (χ1v) is 12.0. The molecule has 2 fully saturated rings. The van der Waals surface area contributed by atoms with E-state index in [-0.39, 0.29) is 34.7 Å². The van der Waals surface area contributed by atoms with Crippen molar-refractivity contribution in [2.24, 2.45) is 0 Å². The summed E-state index contributed by atoms with van der Waals surface area (Å²) in [5.74, 6) is -1.37. The van der Waals surface area contributed by atoms with Gasteiger partial charge in [0.25, 0.3) is 17.1 Å². The number of rotatable bonds is 7. The summed E-state index contributed by atoms with van der Waals surface area (Å²) >= 11 is 7.03. The molecule has 0 atom stereocenters. The fourth-order valence-electron chi connectivity index (χ4n) is 3.59. The van der Waals surface area contributed by atoms with Crippen LogP contribution >= 0.6 is 23.4 Å². The third kappa shape index (κ3) is 6.20. The van der Waals surface area contributed by atoms with Gasteiger partial charge in [-0.2, -0.15) is 0 Å². The van der Waals surface area contributed by atoms with Crippen LogP contribution in [0.3, 0.4) is 0 Å². The summed E-state index contributed by atoms with van der Waals surface area (Å²) in [6, 6.07) is 10.0. The van der Waals surface area contributed by atoms with E-state index in [0.29, 0.717) is 24.3 Å². The Morgan fingerprint density at radius 2 is 1.83 bits per heavy atom. The number of imide groups is 1. The van der Waals surface area contributed by atoms with Crippen molar-refractivity contribution in [3.8, 4) is 5.75 Å². The molecule has 2 aromatic rings. The summed E-state index contributed by atoms with van der Waals surface area (Å²) in [4.78, 5) is 52.2. The third-order valence-electron chi connectivity index (χ3n) is 5.37. The number of anilines is 1. The zero-order valence-corrected chi connectivity index (χ0v) is 20.0. The molecule has 4 amide bonds. The summed E-state index contributed by atoms with van der Waals surface area (Å²) in [7, 11) is 0. The predicted molar refractivity (Wildman–Crippen MR) is 130 cm³/mol. The Kier molecular flexibility index (Phi) is 7.72. The molecule has 2 aliphatic heterocycles. The van der Waals surface area contributed by atoms with Crippen LogP contribution < -0.4 is 10.1 Å². The summed E-state index contributed by atoms with van der Waals surface area (Å²) in [5.41, 5.74) is 0.979. The van der Waals surface area contributed by atoms with Gasteiger partial charge in [0.1, 0.15) is 18.1 Å². The van der Waals surface area contributed by atoms with E-state index in [1.807, 2.05) is 0 Å². The van der Waals surface area contributed by atoms with Crippen LogP contribution in [0.15, 0.2) is 47.4 Å². The van der Waals surface area contributed by atoms with Crippen LogP contribution in [-0.4, -0.2) is 59.0 Å². The highest BCUT2D eigenvalue weighted by Gasteiger charge is 2.37. The molecule has 35 heavy (non-hydrogen) atoms. The Morgan fingerprint density at radius 1 is 1.11 bits per heavy atom. The highest BCUT2D eigenvalue weighted by atomic mass is 35.5. The number of amides is 4. The van der Waals surface area contributed by atoms with Crippen LogP contribution in [0.5, 0.6) is 5.75 Å². The van der Waals surface area contributed by atoms with E-state index >= 15 is 0 Å². The lowest BCUT2D eigenvalue weighted by atomic mass is 10.2. The van der Waals surface area contributed by atoms with Gasteiger partial charge in [-0.3, -0.25) is 24.1 Å². The molecule has 2 aliphatic rings. The molecule has 0 aliphatic carbocycles. The number of ether oxygens (including phenoxy) is 1. The van der Waals surface area contributed by atoms with Gasteiger partial charge in [-0.15, -0.1) is 0 Å². The van der Waals surface area contributed by atoms with Crippen molar-refractivity contribution in [3.05, 3.63) is 63.8 Å². The van der Waals surface area contributed by atoms with Crippen molar-refractivity contribution in [2.75, 3.05) is 31.6 Å². The number of carbonyl (C=O) groups excluding carboxylic acids is 4. The smallest absolute Gasteiger partial charge is 0.294 e. The van der Waals surface area contributed by atoms with E-state index in [1.54, 1.807) is 17.0 Å². The van der Waals surface area contributed by atoms with Gasteiger partial charge < -0.3 is 15.0 Å². The van der Waals surface area contributed by atoms with Crippen molar-refractivity contribution >= 4 is 58.1 Å². The largest absolute Gasteiger partial charge is 0.482 e. The van der Waals surface area contributed by atoms with Crippen LogP contribution in [0, 0.1) is 5.82 Å². The molecule has 2 saturated heterocycles. The number of thioether (sulfide) groups is 1. The maximum absolute atomic E-state index is 13.0. The zero-order valence-electron chi connectivity index (χ0n) is 18.5.